The van der Waals surface area contributed by atoms with Crippen LogP contribution in [0, 0.1) is 0 Å². The van der Waals surface area contributed by atoms with Gasteiger partial charge >= 0.3 is 0 Å². The van der Waals surface area contributed by atoms with Crippen molar-refractivity contribution < 1.29 is 17.6 Å². The summed E-state index contributed by atoms with van der Waals surface area (Å²) in [5.74, 6) is 0.208. The Morgan fingerprint density at radius 1 is 1.16 bits per heavy atom. The molecule has 6 nitrogen and oxygen atoms in total. The Balaban J connectivity index is 2.25. The van der Waals surface area contributed by atoms with Crippen LogP contribution >= 0.6 is 0 Å². The number of benzene rings is 1. The summed E-state index contributed by atoms with van der Waals surface area (Å²) in [6.45, 7) is 5.94. The predicted octanol–water partition coefficient (Wildman–Crippen LogP) is 2.66. The topological polar surface area (TPSA) is 79.6 Å². The Bertz CT molecular complexity index is 821. The first kappa shape index (κ1) is 19.1. The Kier molecular flexibility index (Phi) is 5.57. The predicted molar refractivity (Wildman–Crippen MR) is 97.9 cm³/mol. The highest BCUT2D eigenvalue weighted by molar-refractivity contribution is 7.92. The molecule has 1 aromatic heterocycles. The zero-order valence-electron chi connectivity index (χ0n) is 14.9. The molecule has 0 saturated carbocycles. The molecule has 0 aliphatic heterocycles. The van der Waals surface area contributed by atoms with Gasteiger partial charge in [0.25, 0.3) is 0 Å². The third-order valence-corrected chi connectivity index (χ3v) is 4.83. The quantitative estimate of drug-likeness (QED) is 0.855. The minimum absolute atomic E-state index is 0.213. The first-order valence-electron chi connectivity index (χ1n) is 7.95. The van der Waals surface area contributed by atoms with E-state index in [0.717, 1.165) is 16.1 Å². The minimum Gasteiger partial charge on any atom is -0.467 e. The van der Waals surface area contributed by atoms with Crippen LogP contribution in [0.3, 0.4) is 0 Å². The number of nitrogens with zero attached hydrogens (tertiary/aromatic N) is 1. The van der Waals surface area contributed by atoms with Crippen LogP contribution in [0.5, 0.6) is 0 Å². The van der Waals surface area contributed by atoms with Crippen molar-refractivity contribution in [2.75, 3.05) is 17.1 Å². The molecule has 2 rings (SSSR count). The molecule has 25 heavy (non-hydrogen) atoms. The summed E-state index contributed by atoms with van der Waals surface area (Å²) in [5, 5.41) is 2.68. The summed E-state index contributed by atoms with van der Waals surface area (Å²) < 4.78 is 30.9. The van der Waals surface area contributed by atoms with E-state index in [-0.39, 0.29) is 18.5 Å². The van der Waals surface area contributed by atoms with E-state index in [0.29, 0.717) is 11.4 Å². The average molecular weight is 364 g/mol. The van der Waals surface area contributed by atoms with Gasteiger partial charge in [-0.1, -0.05) is 39.0 Å². The fourth-order valence-corrected chi connectivity index (χ4v) is 3.36. The second kappa shape index (κ2) is 7.31. The molecule has 2 aromatic rings. The average Bonchev–Trinajstić information content (AvgIpc) is 3.02. The summed E-state index contributed by atoms with van der Waals surface area (Å²) in [5.41, 5.74) is 1.12. The largest absolute Gasteiger partial charge is 0.467 e. The molecule has 136 valence electrons. The van der Waals surface area contributed by atoms with Gasteiger partial charge in [0, 0.05) is 0 Å². The number of hydrogen-bond donors (Lipinski definition) is 1. The van der Waals surface area contributed by atoms with Gasteiger partial charge in [-0.15, -0.1) is 0 Å². The highest BCUT2D eigenvalue weighted by Gasteiger charge is 2.27. The normalized spacial score (nSPS) is 12.0. The third-order valence-electron chi connectivity index (χ3n) is 3.71. The van der Waals surface area contributed by atoms with Crippen LogP contribution in [-0.4, -0.2) is 27.1 Å². The number of rotatable bonds is 6. The standard InChI is InChI=1S/C18H24N2O4S/c1-18(2,3)15-9-5-6-10-16(15)20(25(4,22)23)13-17(21)19-12-14-8-7-11-24-14/h5-11H,12-13H2,1-4H3,(H,19,21). The van der Waals surface area contributed by atoms with Gasteiger partial charge in [-0.05, 0) is 29.2 Å². The van der Waals surface area contributed by atoms with Gasteiger partial charge in [0.05, 0.1) is 24.8 Å². The smallest absolute Gasteiger partial charge is 0.241 e. The van der Waals surface area contributed by atoms with E-state index >= 15 is 0 Å². The van der Waals surface area contributed by atoms with Crippen LogP contribution in [0.4, 0.5) is 5.69 Å². The molecule has 1 amide bonds. The van der Waals surface area contributed by atoms with Crippen LogP contribution in [-0.2, 0) is 26.8 Å². The first-order chi connectivity index (χ1) is 11.6. The zero-order valence-corrected chi connectivity index (χ0v) is 15.8. The fourth-order valence-electron chi connectivity index (χ4n) is 2.49. The number of amides is 1. The van der Waals surface area contributed by atoms with E-state index in [9.17, 15) is 13.2 Å². The molecule has 0 aliphatic rings. The molecule has 1 aromatic carbocycles. The molecule has 0 saturated heterocycles. The van der Waals surface area contributed by atoms with Gasteiger partial charge in [0.2, 0.25) is 15.9 Å². The van der Waals surface area contributed by atoms with E-state index in [2.05, 4.69) is 5.32 Å². The fraction of sp³-hybridized carbons (Fsp3) is 0.389. The van der Waals surface area contributed by atoms with E-state index in [1.165, 1.54) is 6.26 Å². The maximum atomic E-state index is 12.3. The van der Waals surface area contributed by atoms with Crippen LogP contribution in [0.1, 0.15) is 32.1 Å². The van der Waals surface area contributed by atoms with Gasteiger partial charge in [-0.3, -0.25) is 9.10 Å². The van der Waals surface area contributed by atoms with Gasteiger partial charge in [0.1, 0.15) is 12.3 Å². The number of anilines is 1. The number of nitrogens with one attached hydrogen (secondary N) is 1. The summed E-state index contributed by atoms with van der Waals surface area (Å²) >= 11 is 0. The van der Waals surface area contributed by atoms with Crippen LogP contribution in [0.25, 0.3) is 0 Å². The molecule has 0 fully saturated rings. The summed E-state index contributed by atoms with van der Waals surface area (Å²) in [7, 11) is -3.62. The summed E-state index contributed by atoms with van der Waals surface area (Å²) in [6, 6.07) is 10.7. The van der Waals surface area contributed by atoms with Crippen molar-refractivity contribution in [1.29, 1.82) is 0 Å². The van der Waals surface area contributed by atoms with Gasteiger partial charge in [0.15, 0.2) is 0 Å². The number of furan rings is 1. The van der Waals surface area contributed by atoms with E-state index < -0.39 is 15.9 Å². The van der Waals surface area contributed by atoms with Gasteiger partial charge < -0.3 is 9.73 Å². The monoisotopic (exact) mass is 364 g/mol. The Morgan fingerprint density at radius 3 is 2.40 bits per heavy atom. The summed E-state index contributed by atoms with van der Waals surface area (Å²) in [4.78, 5) is 12.3. The van der Waals surface area contributed by atoms with Crippen molar-refractivity contribution in [2.24, 2.45) is 0 Å². The van der Waals surface area contributed by atoms with Crippen molar-refractivity contribution in [3.05, 3.63) is 54.0 Å². The maximum absolute atomic E-state index is 12.3. The molecule has 1 heterocycles. The van der Waals surface area contributed by atoms with E-state index in [1.54, 1.807) is 24.3 Å². The molecular weight excluding hydrogens is 340 g/mol. The lowest BCUT2D eigenvalue weighted by atomic mass is 9.86. The SMILES string of the molecule is CC(C)(C)c1ccccc1N(CC(=O)NCc1ccco1)S(C)(=O)=O. The van der Waals surface area contributed by atoms with Crippen LogP contribution in [0.15, 0.2) is 47.1 Å². The van der Waals surface area contributed by atoms with Crippen molar-refractivity contribution in [3.8, 4) is 0 Å². The van der Waals surface area contributed by atoms with Crippen molar-refractivity contribution in [3.63, 3.8) is 0 Å². The highest BCUT2D eigenvalue weighted by atomic mass is 32.2. The zero-order chi connectivity index (χ0) is 18.7. The molecule has 0 bridgehead atoms. The second-order valence-corrected chi connectivity index (χ2v) is 8.80. The van der Waals surface area contributed by atoms with Crippen LogP contribution < -0.4 is 9.62 Å². The molecule has 0 atom stereocenters. The lowest BCUT2D eigenvalue weighted by Crippen LogP contribution is -2.41. The lowest BCUT2D eigenvalue weighted by Gasteiger charge is -2.29. The first-order valence-corrected chi connectivity index (χ1v) is 9.80. The highest BCUT2D eigenvalue weighted by Crippen LogP contribution is 2.32. The van der Waals surface area contributed by atoms with Gasteiger partial charge in [-0.2, -0.15) is 0 Å². The molecule has 0 aliphatic carbocycles. The van der Waals surface area contributed by atoms with Crippen LogP contribution in [0.2, 0.25) is 0 Å². The molecule has 0 unspecified atom stereocenters. The number of hydrogen-bond acceptors (Lipinski definition) is 4. The number of carbonyl (C=O) groups excluding carboxylic acids is 1. The minimum atomic E-state index is -3.62. The Labute approximate surface area is 148 Å². The Hall–Kier alpha value is -2.28. The number of para-hydroxylation sites is 1. The lowest BCUT2D eigenvalue weighted by molar-refractivity contribution is -0.119. The number of sulfonamides is 1. The van der Waals surface area contributed by atoms with Crippen molar-refractivity contribution in [2.45, 2.75) is 32.7 Å². The molecule has 0 radical (unpaired) electrons. The van der Waals surface area contributed by atoms with Crippen molar-refractivity contribution >= 4 is 21.6 Å². The van der Waals surface area contributed by atoms with E-state index in [1.807, 2.05) is 32.9 Å². The third kappa shape index (κ3) is 5.09. The summed E-state index contributed by atoms with van der Waals surface area (Å²) in [6.07, 6.45) is 2.62. The van der Waals surface area contributed by atoms with E-state index in [4.69, 9.17) is 4.42 Å². The van der Waals surface area contributed by atoms with Gasteiger partial charge in [-0.25, -0.2) is 8.42 Å². The maximum Gasteiger partial charge on any atom is 0.241 e. The Morgan fingerprint density at radius 2 is 1.84 bits per heavy atom. The number of carbonyl (C=O) groups is 1. The molecule has 1 N–H and O–H groups in total. The van der Waals surface area contributed by atoms with Crippen molar-refractivity contribution in [1.82, 2.24) is 5.32 Å². The molecule has 0 spiro atoms. The second-order valence-electron chi connectivity index (χ2n) is 6.89. The molecular formula is C18H24N2O4S. The molecule has 7 heteroatoms.